The Kier molecular flexibility index (Phi) is 5.12. The van der Waals surface area contributed by atoms with Crippen LogP contribution in [0.3, 0.4) is 0 Å². The predicted octanol–water partition coefficient (Wildman–Crippen LogP) is 6.52. The second-order valence-corrected chi connectivity index (χ2v) is 8.10. The van der Waals surface area contributed by atoms with Gasteiger partial charge < -0.3 is 4.90 Å². The largest absolute Gasteiger partial charge is 0.366 e. The van der Waals surface area contributed by atoms with E-state index >= 15 is 0 Å². The minimum Gasteiger partial charge on any atom is -0.366 e. The summed E-state index contributed by atoms with van der Waals surface area (Å²) in [5.74, 6) is 0.493. The summed E-state index contributed by atoms with van der Waals surface area (Å²) in [6.45, 7) is 10.1. The van der Waals surface area contributed by atoms with Crippen LogP contribution in [-0.2, 0) is 0 Å². The number of halogens is 1. The number of anilines is 1. The van der Waals surface area contributed by atoms with Crippen LogP contribution in [-0.4, -0.2) is 12.1 Å². The fraction of sp³-hybridized carbons (Fsp3) is 0.348. The smallest absolute Gasteiger partial charge is 0.0998 e. The van der Waals surface area contributed by atoms with E-state index in [9.17, 15) is 5.26 Å². The van der Waals surface area contributed by atoms with Gasteiger partial charge in [0.15, 0.2) is 0 Å². The monoisotopic (exact) mass is 364 g/mol. The third kappa shape index (κ3) is 3.50. The first kappa shape index (κ1) is 18.5. The van der Waals surface area contributed by atoms with Crippen molar-refractivity contribution in [2.45, 2.75) is 45.6 Å². The molecule has 26 heavy (non-hydrogen) atoms. The normalized spacial score (nSPS) is 19.0. The topological polar surface area (TPSA) is 27.0 Å². The summed E-state index contributed by atoms with van der Waals surface area (Å²) in [7, 11) is 0. The molecule has 1 atom stereocenters. The van der Waals surface area contributed by atoms with Gasteiger partial charge in [-0.1, -0.05) is 36.7 Å². The summed E-state index contributed by atoms with van der Waals surface area (Å²) in [6, 6.07) is 16.3. The van der Waals surface area contributed by atoms with Crippen molar-refractivity contribution in [3.63, 3.8) is 0 Å². The molecule has 0 radical (unpaired) electrons. The predicted molar refractivity (Wildman–Crippen MR) is 112 cm³/mol. The molecule has 1 aliphatic heterocycles. The highest BCUT2D eigenvalue weighted by Gasteiger charge is 2.35. The van der Waals surface area contributed by atoms with Crippen LogP contribution in [0.5, 0.6) is 0 Å². The molecule has 0 spiro atoms. The van der Waals surface area contributed by atoms with Crippen LogP contribution in [0.4, 0.5) is 5.69 Å². The summed E-state index contributed by atoms with van der Waals surface area (Å²) in [5.41, 5.74) is 5.38. The lowest BCUT2D eigenvalue weighted by atomic mass is 9.79. The molecule has 2 aromatic rings. The van der Waals surface area contributed by atoms with Gasteiger partial charge in [-0.15, -0.1) is 0 Å². The van der Waals surface area contributed by atoms with Crippen LogP contribution in [0.2, 0.25) is 5.02 Å². The third-order valence-electron chi connectivity index (χ3n) is 5.29. The second kappa shape index (κ2) is 7.17. The Labute approximate surface area is 161 Å². The number of hydrogen-bond acceptors (Lipinski definition) is 2. The van der Waals surface area contributed by atoms with Crippen molar-refractivity contribution < 1.29 is 0 Å². The summed E-state index contributed by atoms with van der Waals surface area (Å²) in [5, 5.41) is 10.2. The highest BCUT2D eigenvalue weighted by molar-refractivity contribution is 6.30. The van der Waals surface area contributed by atoms with E-state index in [0.29, 0.717) is 16.5 Å². The third-order valence-corrected chi connectivity index (χ3v) is 5.53. The molecule has 1 aliphatic rings. The van der Waals surface area contributed by atoms with Crippen LogP contribution in [0.15, 0.2) is 42.5 Å². The minimum atomic E-state index is 0.164. The van der Waals surface area contributed by atoms with Gasteiger partial charge in [-0.05, 0) is 80.1 Å². The van der Waals surface area contributed by atoms with Crippen molar-refractivity contribution in [3.05, 3.63) is 64.2 Å². The molecule has 0 N–H and O–H groups in total. The van der Waals surface area contributed by atoms with Crippen LogP contribution >= 0.6 is 11.6 Å². The second-order valence-electron chi connectivity index (χ2n) is 7.66. The lowest BCUT2D eigenvalue weighted by Crippen LogP contribution is -2.48. The molecule has 0 fully saturated rings. The molecular formula is C23H25ClN2. The Balaban J connectivity index is 2.04. The highest BCUT2D eigenvalue weighted by Crippen LogP contribution is 2.43. The summed E-state index contributed by atoms with van der Waals surface area (Å²) < 4.78 is 0. The molecule has 0 saturated heterocycles. The number of fused-ring (bicyclic) bond motifs is 1. The summed E-state index contributed by atoms with van der Waals surface area (Å²) >= 11 is 6.08. The Hall–Kier alpha value is -2.24. The first-order valence-electron chi connectivity index (χ1n) is 9.15. The van der Waals surface area contributed by atoms with Crippen LogP contribution in [0, 0.1) is 11.3 Å². The van der Waals surface area contributed by atoms with Gasteiger partial charge in [-0.3, -0.25) is 0 Å². The molecule has 0 saturated carbocycles. The zero-order valence-electron chi connectivity index (χ0n) is 15.9. The van der Waals surface area contributed by atoms with E-state index in [1.807, 2.05) is 30.3 Å². The molecule has 134 valence electrons. The van der Waals surface area contributed by atoms with Gasteiger partial charge in [0, 0.05) is 22.8 Å². The van der Waals surface area contributed by atoms with Gasteiger partial charge in [0.25, 0.3) is 0 Å². The molecule has 0 aromatic heterocycles. The zero-order chi connectivity index (χ0) is 18.9. The fourth-order valence-corrected chi connectivity index (χ4v) is 4.39. The van der Waals surface area contributed by atoms with Crippen LogP contribution in [0.1, 0.15) is 56.7 Å². The number of nitrogens with zero attached hydrogens (tertiary/aromatic N) is 2. The average molecular weight is 365 g/mol. The average Bonchev–Trinajstić information content (AvgIpc) is 2.59. The van der Waals surface area contributed by atoms with Crippen molar-refractivity contribution in [1.29, 1.82) is 5.26 Å². The number of nitriles is 1. The molecule has 1 heterocycles. The Morgan fingerprint density at radius 2 is 2.08 bits per heavy atom. The van der Waals surface area contributed by atoms with E-state index in [2.05, 4.69) is 56.9 Å². The van der Waals surface area contributed by atoms with Crippen molar-refractivity contribution >= 4 is 28.9 Å². The van der Waals surface area contributed by atoms with E-state index in [1.54, 1.807) is 0 Å². The number of hydrogen-bond donors (Lipinski definition) is 0. The maximum Gasteiger partial charge on any atom is 0.0998 e. The highest BCUT2D eigenvalue weighted by atomic mass is 35.5. The number of rotatable bonds is 3. The first-order valence-corrected chi connectivity index (χ1v) is 9.53. The maximum atomic E-state index is 9.60. The maximum absolute atomic E-state index is 9.60. The van der Waals surface area contributed by atoms with Gasteiger partial charge in [0.2, 0.25) is 0 Å². The van der Waals surface area contributed by atoms with Gasteiger partial charge in [0.1, 0.15) is 0 Å². The zero-order valence-corrected chi connectivity index (χ0v) is 16.6. The first-order chi connectivity index (χ1) is 12.4. The number of benzene rings is 2. The van der Waals surface area contributed by atoms with Gasteiger partial charge in [0.05, 0.1) is 11.6 Å². The Morgan fingerprint density at radius 3 is 2.73 bits per heavy atom. The van der Waals surface area contributed by atoms with Gasteiger partial charge in [-0.2, -0.15) is 5.26 Å². The standard InChI is InChI=1S/C23H25ClN2/c1-5-26-22-10-9-17(12-21(22)16(2)14-23(26,3)4)11-19(15-25)18-7-6-8-20(24)13-18/h6-13,16H,5,14H2,1-4H3/b19-11-/t16-/m0/s1. The lowest BCUT2D eigenvalue weighted by Gasteiger charge is -2.47. The van der Waals surface area contributed by atoms with Crippen molar-refractivity contribution in [2.75, 3.05) is 11.4 Å². The van der Waals surface area contributed by atoms with Gasteiger partial charge >= 0.3 is 0 Å². The Morgan fingerprint density at radius 1 is 1.31 bits per heavy atom. The summed E-state index contributed by atoms with van der Waals surface area (Å²) in [4.78, 5) is 2.48. The molecule has 2 aromatic carbocycles. The molecule has 0 bridgehead atoms. The van der Waals surface area contributed by atoms with Crippen LogP contribution in [0.25, 0.3) is 11.6 Å². The molecule has 3 rings (SSSR count). The quantitative estimate of drug-likeness (QED) is 0.458. The van der Waals surface area contributed by atoms with E-state index in [4.69, 9.17) is 11.6 Å². The minimum absolute atomic E-state index is 0.164. The van der Waals surface area contributed by atoms with E-state index in [0.717, 1.165) is 24.1 Å². The van der Waals surface area contributed by atoms with E-state index in [-0.39, 0.29) is 5.54 Å². The fourth-order valence-electron chi connectivity index (χ4n) is 4.20. The van der Waals surface area contributed by atoms with E-state index < -0.39 is 0 Å². The van der Waals surface area contributed by atoms with Crippen molar-refractivity contribution in [3.8, 4) is 6.07 Å². The van der Waals surface area contributed by atoms with Crippen molar-refractivity contribution in [1.82, 2.24) is 0 Å². The molecule has 0 amide bonds. The van der Waals surface area contributed by atoms with E-state index in [1.165, 1.54) is 11.3 Å². The molecular weight excluding hydrogens is 340 g/mol. The lowest BCUT2D eigenvalue weighted by molar-refractivity contribution is 0.381. The Bertz CT molecular complexity index is 889. The molecule has 0 unspecified atom stereocenters. The molecule has 3 heteroatoms. The molecule has 2 nitrogen and oxygen atoms in total. The van der Waals surface area contributed by atoms with Crippen LogP contribution < -0.4 is 4.90 Å². The SMILES string of the molecule is CCN1c2ccc(/C=C(/C#N)c3cccc(Cl)c3)cc2[C@@H](C)CC1(C)C. The number of allylic oxidation sites excluding steroid dienone is 1. The van der Waals surface area contributed by atoms with Crippen molar-refractivity contribution in [2.24, 2.45) is 0 Å². The van der Waals surface area contributed by atoms with Gasteiger partial charge in [-0.25, -0.2) is 0 Å². The molecule has 0 aliphatic carbocycles. The summed E-state index contributed by atoms with van der Waals surface area (Å²) in [6.07, 6.45) is 3.08.